The molecule has 2 aliphatic heterocycles. The number of aryl methyl sites for hydroxylation is 1. The standard InChI is InChI=1S/C25H28N2O3S/c1-3-16-11-13-31-22(14-16)21-6-5-12-27(21)19-9-7-18(8-10-19)23-17(4-2)15-20(25(29)30)24(28)26-23/h7-11,13-16,21H,3-6,12H2,1-2H3,(H,26,28)(H,29,30). The van der Waals surface area contributed by atoms with Crippen molar-refractivity contribution in [1.82, 2.24) is 4.98 Å². The molecule has 4 rings (SSSR count). The van der Waals surface area contributed by atoms with Crippen molar-refractivity contribution in [3.8, 4) is 11.3 Å². The van der Waals surface area contributed by atoms with Gasteiger partial charge in [-0.2, -0.15) is 0 Å². The van der Waals surface area contributed by atoms with Gasteiger partial charge in [0.05, 0.1) is 11.7 Å². The summed E-state index contributed by atoms with van der Waals surface area (Å²) in [5, 5.41) is 11.5. The van der Waals surface area contributed by atoms with Gasteiger partial charge in [-0.3, -0.25) is 4.79 Å². The highest BCUT2D eigenvalue weighted by Gasteiger charge is 2.29. The summed E-state index contributed by atoms with van der Waals surface area (Å²) in [5.41, 5.74) is 2.81. The molecule has 2 unspecified atom stereocenters. The molecular formula is C25H28N2O3S. The quantitative estimate of drug-likeness (QED) is 0.631. The third-order valence-corrected chi connectivity index (χ3v) is 7.16. The Morgan fingerprint density at radius 2 is 2.03 bits per heavy atom. The maximum absolute atomic E-state index is 12.2. The molecule has 31 heavy (non-hydrogen) atoms. The number of pyridine rings is 1. The van der Waals surface area contributed by atoms with Gasteiger partial charge in [0.15, 0.2) is 0 Å². The van der Waals surface area contributed by atoms with Gasteiger partial charge in [-0.1, -0.05) is 38.1 Å². The second-order valence-corrected chi connectivity index (χ2v) is 9.04. The fraction of sp³-hybridized carbons (Fsp3) is 0.360. The smallest absolute Gasteiger partial charge is 0.341 e. The summed E-state index contributed by atoms with van der Waals surface area (Å²) in [6.45, 7) is 5.22. The molecule has 1 aromatic carbocycles. The molecule has 0 aliphatic carbocycles. The van der Waals surface area contributed by atoms with Gasteiger partial charge >= 0.3 is 5.97 Å². The Kier molecular flexibility index (Phi) is 6.37. The highest BCUT2D eigenvalue weighted by molar-refractivity contribution is 8.05. The Labute approximate surface area is 186 Å². The summed E-state index contributed by atoms with van der Waals surface area (Å²) in [5.74, 6) is -0.674. The summed E-state index contributed by atoms with van der Waals surface area (Å²) in [6.07, 6.45) is 8.80. The number of carbonyl (C=O) groups is 1. The van der Waals surface area contributed by atoms with Crippen LogP contribution in [0, 0.1) is 5.92 Å². The lowest BCUT2D eigenvalue weighted by Gasteiger charge is -2.30. The summed E-state index contributed by atoms with van der Waals surface area (Å²) >= 11 is 1.84. The molecular weight excluding hydrogens is 408 g/mol. The Morgan fingerprint density at radius 3 is 2.71 bits per heavy atom. The van der Waals surface area contributed by atoms with Crippen LogP contribution in [0.4, 0.5) is 5.69 Å². The summed E-state index contributed by atoms with van der Waals surface area (Å²) < 4.78 is 0. The number of rotatable bonds is 6. The van der Waals surface area contributed by atoms with Gasteiger partial charge in [-0.05, 0) is 66.3 Å². The van der Waals surface area contributed by atoms with Crippen molar-refractivity contribution < 1.29 is 9.90 Å². The SMILES string of the molecule is CCc1cc(C(=O)O)c(=O)[nH]c1-c1ccc(N2CCCC2C2=CC(CC)C=CS2)cc1. The van der Waals surface area contributed by atoms with Crippen LogP contribution in [0.5, 0.6) is 0 Å². The fourth-order valence-electron chi connectivity index (χ4n) is 4.43. The van der Waals surface area contributed by atoms with Crippen LogP contribution in [0.2, 0.25) is 0 Å². The predicted molar refractivity (Wildman–Crippen MR) is 128 cm³/mol. The number of carboxylic acid groups (broad SMARTS) is 1. The number of thioether (sulfide) groups is 1. The Hall–Kier alpha value is -2.73. The number of aromatic nitrogens is 1. The first-order valence-electron chi connectivity index (χ1n) is 10.9. The van der Waals surface area contributed by atoms with E-state index in [1.807, 2.05) is 30.8 Å². The molecule has 5 nitrogen and oxygen atoms in total. The number of hydrogen-bond donors (Lipinski definition) is 2. The van der Waals surface area contributed by atoms with Gasteiger partial charge in [0.1, 0.15) is 5.56 Å². The molecule has 0 bridgehead atoms. The van der Waals surface area contributed by atoms with E-state index in [1.54, 1.807) is 0 Å². The number of carboxylic acids is 1. The van der Waals surface area contributed by atoms with Crippen LogP contribution in [-0.2, 0) is 6.42 Å². The number of aromatic amines is 1. The Balaban J connectivity index is 1.61. The van der Waals surface area contributed by atoms with E-state index in [4.69, 9.17) is 0 Å². The van der Waals surface area contributed by atoms with Crippen LogP contribution in [0.1, 0.15) is 49.0 Å². The maximum Gasteiger partial charge on any atom is 0.341 e. The van der Waals surface area contributed by atoms with E-state index in [0.29, 0.717) is 24.1 Å². The van der Waals surface area contributed by atoms with Crippen molar-refractivity contribution >= 4 is 23.4 Å². The maximum atomic E-state index is 12.2. The molecule has 2 aromatic rings. The molecule has 0 radical (unpaired) electrons. The van der Waals surface area contributed by atoms with Crippen molar-refractivity contribution in [3.05, 3.63) is 74.3 Å². The summed E-state index contributed by atoms with van der Waals surface area (Å²) in [4.78, 5) is 30.2. The minimum Gasteiger partial charge on any atom is -0.477 e. The first kappa shape index (κ1) is 21.5. The van der Waals surface area contributed by atoms with Gasteiger partial charge in [0.2, 0.25) is 0 Å². The zero-order chi connectivity index (χ0) is 22.0. The first-order valence-corrected chi connectivity index (χ1v) is 11.8. The fourth-order valence-corrected chi connectivity index (χ4v) is 5.52. The molecule has 2 atom stereocenters. The molecule has 6 heteroatoms. The van der Waals surface area contributed by atoms with Gasteiger partial charge in [-0.25, -0.2) is 4.79 Å². The number of benzene rings is 1. The van der Waals surface area contributed by atoms with E-state index in [2.05, 4.69) is 46.5 Å². The van der Waals surface area contributed by atoms with Gasteiger partial charge in [0.25, 0.3) is 5.56 Å². The third kappa shape index (κ3) is 4.35. The van der Waals surface area contributed by atoms with Crippen molar-refractivity contribution in [2.24, 2.45) is 5.92 Å². The Bertz CT molecular complexity index is 1080. The lowest BCUT2D eigenvalue weighted by molar-refractivity contribution is 0.0695. The molecule has 0 spiro atoms. The lowest BCUT2D eigenvalue weighted by atomic mass is 10.0. The van der Waals surface area contributed by atoms with Crippen LogP contribution in [0.25, 0.3) is 11.3 Å². The summed E-state index contributed by atoms with van der Waals surface area (Å²) in [6, 6.07) is 10.2. The largest absolute Gasteiger partial charge is 0.477 e. The highest BCUT2D eigenvalue weighted by Crippen LogP contribution is 2.38. The number of hydrogen-bond acceptors (Lipinski definition) is 4. The van der Waals surface area contributed by atoms with Crippen LogP contribution in [-0.4, -0.2) is 28.6 Å². The van der Waals surface area contributed by atoms with Crippen LogP contribution in [0.3, 0.4) is 0 Å². The van der Waals surface area contributed by atoms with E-state index in [0.717, 1.165) is 30.5 Å². The number of allylic oxidation sites excluding steroid dienone is 2. The zero-order valence-corrected chi connectivity index (χ0v) is 18.7. The number of aromatic carboxylic acids is 1. The number of nitrogens with zero attached hydrogens (tertiary/aromatic N) is 1. The van der Waals surface area contributed by atoms with E-state index < -0.39 is 11.5 Å². The van der Waals surface area contributed by atoms with Gasteiger partial charge < -0.3 is 15.0 Å². The average molecular weight is 437 g/mol. The third-order valence-electron chi connectivity index (χ3n) is 6.18. The predicted octanol–water partition coefficient (Wildman–Crippen LogP) is 5.44. The minimum atomic E-state index is -1.20. The van der Waals surface area contributed by atoms with Crippen LogP contribution in [0.15, 0.2) is 57.6 Å². The zero-order valence-electron chi connectivity index (χ0n) is 17.9. The topological polar surface area (TPSA) is 73.4 Å². The monoisotopic (exact) mass is 436 g/mol. The van der Waals surface area contributed by atoms with Crippen molar-refractivity contribution in [2.75, 3.05) is 11.4 Å². The van der Waals surface area contributed by atoms with E-state index >= 15 is 0 Å². The van der Waals surface area contributed by atoms with Crippen molar-refractivity contribution in [3.63, 3.8) is 0 Å². The molecule has 3 heterocycles. The van der Waals surface area contributed by atoms with Crippen molar-refractivity contribution in [1.29, 1.82) is 0 Å². The lowest BCUT2D eigenvalue weighted by Crippen LogP contribution is -2.30. The van der Waals surface area contributed by atoms with Gasteiger partial charge in [-0.15, -0.1) is 11.8 Å². The van der Waals surface area contributed by atoms with Gasteiger partial charge in [0, 0.05) is 17.1 Å². The molecule has 2 aliphatic rings. The first-order chi connectivity index (χ1) is 15.0. The van der Waals surface area contributed by atoms with E-state index in [-0.39, 0.29) is 5.56 Å². The summed E-state index contributed by atoms with van der Waals surface area (Å²) in [7, 11) is 0. The second kappa shape index (κ2) is 9.18. The van der Waals surface area contributed by atoms with E-state index in [1.165, 1.54) is 23.1 Å². The van der Waals surface area contributed by atoms with Crippen LogP contribution < -0.4 is 10.5 Å². The molecule has 1 fully saturated rings. The number of H-pyrrole nitrogens is 1. The average Bonchev–Trinajstić information content (AvgIpc) is 3.29. The normalized spacial score (nSPS) is 20.7. The molecule has 0 amide bonds. The molecule has 0 saturated carbocycles. The molecule has 1 aromatic heterocycles. The Morgan fingerprint density at radius 1 is 1.26 bits per heavy atom. The number of anilines is 1. The van der Waals surface area contributed by atoms with E-state index in [9.17, 15) is 14.7 Å². The number of nitrogens with one attached hydrogen (secondary N) is 1. The van der Waals surface area contributed by atoms with Crippen LogP contribution >= 0.6 is 11.8 Å². The van der Waals surface area contributed by atoms with Crippen molar-refractivity contribution in [2.45, 2.75) is 45.6 Å². The second-order valence-electron chi connectivity index (χ2n) is 8.06. The molecule has 162 valence electrons. The highest BCUT2D eigenvalue weighted by atomic mass is 32.2. The minimum absolute atomic E-state index is 0.213. The molecule has 1 saturated heterocycles. The molecule has 2 N–H and O–H groups in total.